The van der Waals surface area contributed by atoms with E-state index in [-0.39, 0.29) is 5.69 Å². The smallest absolute Gasteiger partial charge is 0.161 e. The average molecular weight is 247 g/mol. The molecule has 96 valence electrons. The van der Waals surface area contributed by atoms with Gasteiger partial charge in [-0.25, -0.2) is 13.2 Å². The zero-order valence-corrected chi connectivity index (χ0v) is 9.90. The Morgan fingerprint density at radius 3 is 2.41 bits per heavy atom. The number of anilines is 1. The molecule has 0 unspecified atom stereocenters. The molecule has 0 aliphatic carbocycles. The first-order valence-corrected chi connectivity index (χ1v) is 5.47. The summed E-state index contributed by atoms with van der Waals surface area (Å²) in [5, 5.41) is 2.65. The second-order valence-corrected chi connectivity index (χ2v) is 4.14. The molecule has 17 heavy (non-hydrogen) atoms. The highest BCUT2D eigenvalue weighted by molar-refractivity contribution is 5.45. The molecule has 0 saturated carbocycles. The number of rotatable bonds is 6. The highest BCUT2D eigenvalue weighted by Crippen LogP contribution is 2.17. The lowest BCUT2D eigenvalue weighted by atomic mass is 10.2. The normalized spacial score (nSPS) is 10.9. The van der Waals surface area contributed by atoms with Crippen LogP contribution in [0.3, 0.4) is 0 Å². The number of nitrogens with one attached hydrogen (secondary N) is 1. The Balaban J connectivity index is 2.39. The van der Waals surface area contributed by atoms with Crippen LogP contribution >= 0.6 is 0 Å². The molecule has 0 aromatic heterocycles. The standard InChI is InChI=1S/C12H16F3NO/c1-8(2)7-17-4-3-16-12-6-10(14)9(13)5-11(12)15/h5-6,8,16H,3-4,7H2,1-2H3. The molecule has 0 aliphatic rings. The lowest BCUT2D eigenvalue weighted by Gasteiger charge is -2.09. The topological polar surface area (TPSA) is 21.3 Å². The van der Waals surface area contributed by atoms with E-state index in [1.54, 1.807) is 0 Å². The van der Waals surface area contributed by atoms with Crippen LogP contribution in [-0.2, 0) is 4.74 Å². The van der Waals surface area contributed by atoms with Crippen molar-refractivity contribution in [1.29, 1.82) is 0 Å². The first kappa shape index (κ1) is 13.8. The van der Waals surface area contributed by atoms with E-state index in [2.05, 4.69) is 5.32 Å². The molecule has 0 atom stereocenters. The SMILES string of the molecule is CC(C)COCCNc1cc(F)c(F)cc1F. The summed E-state index contributed by atoms with van der Waals surface area (Å²) in [6.07, 6.45) is 0. The summed E-state index contributed by atoms with van der Waals surface area (Å²) >= 11 is 0. The molecule has 1 rings (SSSR count). The third-order valence-corrected chi connectivity index (χ3v) is 2.02. The van der Waals surface area contributed by atoms with E-state index in [4.69, 9.17) is 4.74 Å². The van der Waals surface area contributed by atoms with Gasteiger partial charge in [0, 0.05) is 25.3 Å². The molecule has 1 N–H and O–H groups in total. The zero-order valence-electron chi connectivity index (χ0n) is 9.90. The fourth-order valence-corrected chi connectivity index (χ4v) is 1.23. The molecule has 0 saturated heterocycles. The van der Waals surface area contributed by atoms with Crippen LogP contribution in [-0.4, -0.2) is 19.8 Å². The van der Waals surface area contributed by atoms with Gasteiger partial charge in [-0.05, 0) is 5.92 Å². The Bertz CT molecular complexity index is 369. The van der Waals surface area contributed by atoms with Gasteiger partial charge in [-0.15, -0.1) is 0 Å². The molecule has 0 radical (unpaired) electrons. The second-order valence-electron chi connectivity index (χ2n) is 4.14. The largest absolute Gasteiger partial charge is 0.380 e. The molecule has 0 fully saturated rings. The zero-order chi connectivity index (χ0) is 12.8. The van der Waals surface area contributed by atoms with E-state index in [1.807, 2.05) is 13.8 Å². The van der Waals surface area contributed by atoms with Crippen molar-refractivity contribution in [1.82, 2.24) is 0 Å². The summed E-state index contributed by atoms with van der Waals surface area (Å²) in [4.78, 5) is 0. The fraction of sp³-hybridized carbons (Fsp3) is 0.500. The summed E-state index contributed by atoms with van der Waals surface area (Å²) in [5.41, 5.74) is -0.0583. The first-order valence-electron chi connectivity index (χ1n) is 5.47. The van der Waals surface area contributed by atoms with Crippen LogP contribution in [0.2, 0.25) is 0 Å². The maximum Gasteiger partial charge on any atom is 0.161 e. The Kier molecular flexibility index (Phi) is 5.28. The Morgan fingerprint density at radius 1 is 1.12 bits per heavy atom. The van der Waals surface area contributed by atoms with Crippen molar-refractivity contribution >= 4 is 5.69 Å². The van der Waals surface area contributed by atoms with Gasteiger partial charge in [-0.2, -0.15) is 0 Å². The Hall–Kier alpha value is -1.23. The number of hydrogen-bond acceptors (Lipinski definition) is 2. The minimum Gasteiger partial charge on any atom is -0.380 e. The number of halogens is 3. The van der Waals surface area contributed by atoms with Gasteiger partial charge >= 0.3 is 0 Å². The Morgan fingerprint density at radius 2 is 1.76 bits per heavy atom. The van der Waals surface area contributed by atoms with Crippen LogP contribution < -0.4 is 5.32 Å². The first-order chi connectivity index (χ1) is 8.00. The van der Waals surface area contributed by atoms with Gasteiger partial charge in [0.1, 0.15) is 5.82 Å². The average Bonchev–Trinajstić information content (AvgIpc) is 2.24. The monoisotopic (exact) mass is 247 g/mol. The molecule has 1 aromatic rings. The van der Waals surface area contributed by atoms with Crippen LogP contribution in [0.5, 0.6) is 0 Å². The lowest BCUT2D eigenvalue weighted by molar-refractivity contribution is 0.118. The molecular formula is C12H16F3NO. The van der Waals surface area contributed by atoms with Crippen molar-refractivity contribution in [3.8, 4) is 0 Å². The maximum atomic E-state index is 13.2. The van der Waals surface area contributed by atoms with Crippen LogP contribution in [0.1, 0.15) is 13.8 Å². The molecule has 0 amide bonds. The molecule has 5 heteroatoms. The van der Waals surface area contributed by atoms with Gasteiger partial charge in [-0.1, -0.05) is 13.8 Å². The third-order valence-electron chi connectivity index (χ3n) is 2.02. The fourth-order valence-electron chi connectivity index (χ4n) is 1.23. The van der Waals surface area contributed by atoms with E-state index >= 15 is 0 Å². The van der Waals surface area contributed by atoms with E-state index < -0.39 is 17.5 Å². The van der Waals surface area contributed by atoms with E-state index in [0.717, 1.165) is 6.07 Å². The molecule has 0 bridgehead atoms. The highest BCUT2D eigenvalue weighted by Gasteiger charge is 2.08. The van der Waals surface area contributed by atoms with Crippen molar-refractivity contribution in [2.24, 2.45) is 5.92 Å². The predicted molar refractivity (Wildman–Crippen MR) is 60.5 cm³/mol. The molecule has 1 aromatic carbocycles. The van der Waals surface area contributed by atoms with Crippen molar-refractivity contribution in [2.75, 3.05) is 25.1 Å². The van der Waals surface area contributed by atoms with E-state index in [9.17, 15) is 13.2 Å². The van der Waals surface area contributed by atoms with Crippen molar-refractivity contribution in [2.45, 2.75) is 13.8 Å². The van der Waals surface area contributed by atoms with Gasteiger partial charge in [0.2, 0.25) is 0 Å². The second kappa shape index (κ2) is 6.49. The molecule has 0 aliphatic heterocycles. The van der Waals surface area contributed by atoms with Crippen LogP contribution in [0.4, 0.5) is 18.9 Å². The van der Waals surface area contributed by atoms with E-state index in [0.29, 0.717) is 31.7 Å². The summed E-state index contributed by atoms with van der Waals surface area (Å²) in [5.74, 6) is -2.65. The van der Waals surface area contributed by atoms with Crippen LogP contribution in [0, 0.1) is 23.4 Å². The van der Waals surface area contributed by atoms with Crippen molar-refractivity contribution in [3.05, 3.63) is 29.6 Å². The predicted octanol–water partition coefficient (Wildman–Crippen LogP) is 3.19. The van der Waals surface area contributed by atoms with E-state index in [1.165, 1.54) is 0 Å². The number of benzene rings is 1. The van der Waals surface area contributed by atoms with Crippen LogP contribution in [0.15, 0.2) is 12.1 Å². The highest BCUT2D eigenvalue weighted by atomic mass is 19.2. The number of ether oxygens (including phenoxy) is 1. The molecule has 2 nitrogen and oxygen atoms in total. The molecular weight excluding hydrogens is 231 g/mol. The van der Waals surface area contributed by atoms with Gasteiger partial charge in [0.05, 0.1) is 12.3 Å². The molecule has 0 spiro atoms. The Labute approximate surface area is 98.8 Å². The van der Waals surface area contributed by atoms with Crippen molar-refractivity contribution < 1.29 is 17.9 Å². The van der Waals surface area contributed by atoms with Crippen molar-refractivity contribution in [3.63, 3.8) is 0 Å². The minimum absolute atomic E-state index is 0.0583. The quantitative estimate of drug-likeness (QED) is 0.615. The summed E-state index contributed by atoms with van der Waals surface area (Å²) in [6, 6.07) is 1.32. The summed E-state index contributed by atoms with van der Waals surface area (Å²) < 4.78 is 43.9. The maximum absolute atomic E-state index is 13.2. The van der Waals surface area contributed by atoms with Gasteiger partial charge < -0.3 is 10.1 Å². The summed E-state index contributed by atoms with van der Waals surface area (Å²) in [7, 11) is 0. The lowest BCUT2D eigenvalue weighted by Crippen LogP contribution is -2.13. The van der Waals surface area contributed by atoms with Crippen LogP contribution in [0.25, 0.3) is 0 Å². The number of hydrogen-bond donors (Lipinski definition) is 1. The molecule has 0 heterocycles. The minimum atomic E-state index is -1.19. The van der Waals surface area contributed by atoms with Gasteiger partial charge in [0.25, 0.3) is 0 Å². The summed E-state index contributed by atoms with van der Waals surface area (Å²) in [6.45, 7) is 5.37. The van der Waals surface area contributed by atoms with Gasteiger partial charge in [-0.3, -0.25) is 0 Å². The van der Waals surface area contributed by atoms with Gasteiger partial charge in [0.15, 0.2) is 11.6 Å². The third kappa shape index (κ3) is 4.65.